The van der Waals surface area contributed by atoms with E-state index in [2.05, 4.69) is 5.73 Å². The molecule has 18 heavy (non-hydrogen) atoms. The van der Waals surface area contributed by atoms with Crippen molar-refractivity contribution in [3.8, 4) is 0 Å². The highest BCUT2D eigenvalue weighted by molar-refractivity contribution is 5.79. The molecule has 0 radical (unpaired) electrons. The first-order valence-corrected chi connectivity index (χ1v) is 4.66. The van der Waals surface area contributed by atoms with E-state index in [1.165, 1.54) is 0 Å². The zero-order chi connectivity index (χ0) is 14.1. The maximum Gasteiger partial charge on any atom is 0.416 e. The van der Waals surface area contributed by atoms with Crippen LogP contribution in [0.2, 0.25) is 0 Å². The molecule has 2 unspecified atom stereocenters. The second kappa shape index (κ2) is 4.91. The Morgan fingerprint density at radius 3 is 2.28 bits per heavy atom. The molecule has 0 spiro atoms. The predicted molar refractivity (Wildman–Crippen MR) is 51.6 cm³/mol. The van der Waals surface area contributed by atoms with Gasteiger partial charge < -0.3 is 15.9 Å². The largest absolute Gasteiger partial charge is 0.416 e. The average Bonchev–Trinajstić information content (AvgIpc) is 2.25. The van der Waals surface area contributed by atoms with E-state index in [1.54, 1.807) is 0 Å². The molecule has 0 saturated heterocycles. The van der Waals surface area contributed by atoms with Crippen molar-refractivity contribution in [3.05, 3.63) is 35.1 Å². The van der Waals surface area contributed by atoms with Crippen LogP contribution in [-0.4, -0.2) is 22.2 Å². The molecule has 1 rings (SSSR count). The summed E-state index contributed by atoms with van der Waals surface area (Å²) in [7, 11) is 0. The van der Waals surface area contributed by atoms with Crippen LogP contribution in [0.3, 0.4) is 0 Å². The van der Waals surface area contributed by atoms with E-state index < -0.39 is 41.2 Å². The SMILES string of the molecule is NC(=O)C(O)C(O)c1cc(F)ccc1C(F)(F)F. The van der Waals surface area contributed by atoms with Crippen LogP contribution in [0.4, 0.5) is 17.6 Å². The molecule has 0 aliphatic heterocycles. The Hall–Kier alpha value is -1.67. The number of hydrogen-bond acceptors (Lipinski definition) is 3. The molecule has 2 atom stereocenters. The minimum Gasteiger partial charge on any atom is -0.385 e. The Bertz CT molecular complexity index is 461. The van der Waals surface area contributed by atoms with Gasteiger partial charge in [0.15, 0.2) is 6.10 Å². The first-order valence-electron chi connectivity index (χ1n) is 4.66. The van der Waals surface area contributed by atoms with E-state index in [0.717, 1.165) is 0 Å². The molecule has 0 aliphatic carbocycles. The van der Waals surface area contributed by atoms with Crippen molar-refractivity contribution in [2.24, 2.45) is 5.73 Å². The van der Waals surface area contributed by atoms with Gasteiger partial charge in [-0.25, -0.2) is 4.39 Å². The maximum atomic E-state index is 12.9. The molecule has 4 nitrogen and oxygen atoms in total. The van der Waals surface area contributed by atoms with Gasteiger partial charge in [-0.1, -0.05) is 0 Å². The Balaban J connectivity index is 3.29. The number of halogens is 4. The summed E-state index contributed by atoms with van der Waals surface area (Å²) in [5, 5.41) is 18.5. The minimum atomic E-state index is -4.86. The summed E-state index contributed by atoms with van der Waals surface area (Å²) >= 11 is 0. The van der Waals surface area contributed by atoms with Gasteiger partial charge in [-0.05, 0) is 23.8 Å². The number of primary amides is 1. The summed E-state index contributed by atoms with van der Waals surface area (Å²) in [6, 6.07) is 1.34. The highest BCUT2D eigenvalue weighted by Gasteiger charge is 2.37. The summed E-state index contributed by atoms with van der Waals surface area (Å²) in [6.07, 6.45) is -9.37. The fourth-order valence-electron chi connectivity index (χ4n) is 1.36. The van der Waals surface area contributed by atoms with Crippen molar-refractivity contribution in [3.63, 3.8) is 0 Å². The van der Waals surface area contributed by atoms with Gasteiger partial charge in [0.2, 0.25) is 5.91 Å². The summed E-state index contributed by atoms with van der Waals surface area (Å²) < 4.78 is 50.6. The van der Waals surface area contributed by atoms with Gasteiger partial charge in [-0.3, -0.25) is 4.79 Å². The van der Waals surface area contributed by atoms with Crippen LogP contribution in [0.25, 0.3) is 0 Å². The van der Waals surface area contributed by atoms with Crippen LogP contribution < -0.4 is 5.73 Å². The van der Waals surface area contributed by atoms with Gasteiger partial charge >= 0.3 is 6.18 Å². The lowest BCUT2D eigenvalue weighted by atomic mass is 9.97. The van der Waals surface area contributed by atoms with Crippen molar-refractivity contribution >= 4 is 5.91 Å². The van der Waals surface area contributed by atoms with Crippen molar-refractivity contribution in [2.45, 2.75) is 18.4 Å². The molecule has 100 valence electrons. The Kier molecular flexibility index (Phi) is 3.92. The summed E-state index contributed by atoms with van der Waals surface area (Å²) in [4.78, 5) is 10.6. The number of hydrogen-bond donors (Lipinski definition) is 3. The van der Waals surface area contributed by atoms with Crippen molar-refractivity contribution < 1.29 is 32.6 Å². The normalized spacial score (nSPS) is 15.2. The fraction of sp³-hybridized carbons (Fsp3) is 0.300. The topological polar surface area (TPSA) is 83.6 Å². The third-order valence-corrected chi connectivity index (χ3v) is 2.23. The van der Waals surface area contributed by atoms with Crippen LogP contribution in [0.5, 0.6) is 0 Å². The molecular formula is C10H9F4NO3. The zero-order valence-electron chi connectivity index (χ0n) is 8.78. The highest BCUT2D eigenvalue weighted by Crippen LogP contribution is 2.35. The van der Waals surface area contributed by atoms with Crippen LogP contribution in [0, 0.1) is 5.82 Å². The van der Waals surface area contributed by atoms with E-state index in [9.17, 15) is 27.5 Å². The summed E-state index contributed by atoms with van der Waals surface area (Å²) in [6.45, 7) is 0. The number of amides is 1. The number of aliphatic hydroxyl groups excluding tert-OH is 2. The molecule has 4 N–H and O–H groups in total. The lowest BCUT2D eigenvalue weighted by molar-refractivity contribution is -0.142. The van der Waals surface area contributed by atoms with E-state index >= 15 is 0 Å². The number of carbonyl (C=O) groups is 1. The molecule has 8 heteroatoms. The van der Waals surface area contributed by atoms with E-state index in [0.29, 0.717) is 18.2 Å². The van der Waals surface area contributed by atoms with Gasteiger partial charge in [-0.15, -0.1) is 0 Å². The number of aliphatic hydroxyl groups is 2. The van der Waals surface area contributed by atoms with E-state index in [-0.39, 0.29) is 0 Å². The third kappa shape index (κ3) is 2.96. The third-order valence-electron chi connectivity index (χ3n) is 2.23. The van der Waals surface area contributed by atoms with E-state index in [4.69, 9.17) is 5.11 Å². The molecule has 0 aromatic heterocycles. The lowest BCUT2D eigenvalue weighted by Crippen LogP contribution is -2.34. The standard InChI is InChI=1S/C10H9F4NO3/c11-4-1-2-6(10(12,13)14)5(3-4)7(16)8(17)9(15)18/h1-3,7-8,16-17H,(H2,15,18). The van der Waals surface area contributed by atoms with Crippen LogP contribution >= 0.6 is 0 Å². The average molecular weight is 267 g/mol. The van der Waals surface area contributed by atoms with Crippen molar-refractivity contribution in [2.75, 3.05) is 0 Å². The Morgan fingerprint density at radius 1 is 1.28 bits per heavy atom. The maximum absolute atomic E-state index is 12.9. The molecule has 1 aromatic carbocycles. The quantitative estimate of drug-likeness (QED) is 0.706. The molecule has 0 saturated carbocycles. The zero-order valence-corrected chi connectivity index (χ0v) is 8.78. The minimum absolute atomic E-state index is 0.389. The molecule has 0 aliphatic rings. The first-order chi connectivity index (χ1) is 8.14. The molecule has 0 fully saturated rings. The summed E-state index contributed by atoms with van der Waals surface area (Å²) in [5.74, 6) is -2.46. The van der Waals surface area contributed by atoms with Crippen LogP contribution in [0.1, 0.15) is 17.2 Å². The Morgan fingerprint density at radius 2 is 1.83 bits per heavy atom. The van der Waals surface area contributed by atoms with Gasteiger partial charge in [-0.2, -0.15) is 13.2 Å². The van der Waals surface area contributed by atoms with Crippen molar-refractivity contribution in [1.29, 1.82) is 0 Å². The smallest absolute Gasteiger partial charge is 0.385 e. The molecule has 1 aromatic rings. The number of carbonyl (C=O) groups excluding carboxylic acids is 1. The highest BCUT2D eigenvalue weighted by atomic mass is 19.4. The number of nitrogens with two attached hydrogens (primary N) is 1. The monoisotopic (exact) mass is 267 g/mol. The fourth-order valence-corrected chi connectivity index (χ4v) is 1.36. The van der Waals surface area contributed by atoms with Gasteiger partial charge in [0.25, 0.3) is 0 Å². The van der Waals surface area contributed by atoms with Gasteiger partial charge in [0.05, 0.1) is 5.56 Å². The number of alkyl halides is 3. The van der Waals surface area contributed by atoms with Crippen LogP contribution in [0.15, 0.2) is 18.2 Å². The molecule has 0 bridgehead atoms. The van der Waals surface area contributed by atoms with Gasteiger partial charge in [0, 0.05) is 0 Å². The summed E-state index contributed by atoms with van der Waals surface area (Å²) in [5.41, 5.74) is 2.35. The first kappa shape index (κ1) is 14.4. The number of benzene rings is 1. The Labute approximate surface area is 98.6 Å². The number of rotatable bonds is 3. The van der Waals surface area contributed by atoms with Gasteiger partial charge in [0.1, 0.15) is 11.9 Å². The predicted octanol–water partition coefficient (Wildman–Crippen LogP) is 0.724. The molecular weight excluding hydrogens is 258 g/mol. The molecule has 0 heterocycles. The van der Waals surface area contributed by atoms with E-state index in [1.807, 2.05) is 0 Å². The van der Waals surface area contributed by atoms with Crippen molar-refractivity contribution in [1.82, 2.24) is 0 Å². The lowest BCUT2D eigenvalue weighted by Gasteiger charge is -2.20. The second-order valence-electron chi connectivity index (χ2n) is 3.52. The molecule has 1 amide bonds. The second-order valence-corrected chi connectivity index (χ2v) is 3.52. The van der Waals surface area contributed by atoms with Crippen LogP contribution in [-0.2, 0) is 11.0 Å².